The highest BCUT2D eigenvalue weighted by molar-refractivity contribution is 6.60. The van der Waals surface area contributed by atoms with Crippen molar-refractivity contribution >= 4 is 18.1 Å². The van der Waals surface area contributed by atoms with Gasteiger partial charge in [-0.25, -0.2) is 0 Å². The maximum atomic E-state index is 5.86. The third-order valence-electron chi connectivity index (χ3n) is 4.00. The van der Waals surface area contributed by atoms with E-state index in [4.69, 9.17) is 26.9 Å². The number of nitrogens with one attached hydrogen (secondary N) is 1. The second-order valence-electron chi connectivity index (χ2n) is 6.11. The van der Waals surface area contributed by atoms with Crippen molar-refractivity contribution in [2.45, 2.75) is 52.8 Å². The first-order valence-corrected chi connectivity index (χ1v) is 13.4. The molecule has 0 radical (unpaired) electrons. The van der Waals surface area contributed by atoms with Gasteiger partial charge >= 0.3 is 18.1 Å². The predicted molar refractivity (Wildman–Crippen MR) is 109 cm³/mol. The van der Waals surface area contributed by atoms with Crippen molar-refractivity contribution < 1.29 is 26.9 Å². The Kier molecular flexibility index (Phi) is 16.2. The number of ether oxygens (including phenoxy) is 1. The normalized spacial score (nSPS) is 14.8. The minimum Gasteiger partial charge on any atom is -0.395 e. The highest BCUT2D eigenvalue weighted by Gasteiger charge is 2.40. The Morgan fingerprint density at radius 3 is 1.92 bits per heavy atom. The van der Waals surface area contributed by atoms with Gasteiger partial charge in [-0.3, -0.25) is 0 Å². The van der Waals surface area contributed by atoms with Crippen LogP contribution in [0.5, 0.6) is 0 Å². The molecular formula is C17H41NO6Si2. The van der Waals surface area contributed by atoms with Gasteiger partial charge in [0.05, 0.1) is 5.73 Å². The Bertz CT molecular complexity index is 316. The summed E-state index contributed by atoms with van der Waals surface area (Å²) >= 11 is 0. The zero-order chi connectivity index (χ0) is 19.8. The quantitative estimate of drug-likeness (QED) is 0.274. The van der Waals surface area contributed by atoms with Gasteiger partial charge in [0.1, 0.15) is 0 Å². The fourth-order valence-corrected chi connectivity index (χ4v) is 7.29. The van der Waals surface area contributed by atoms with E-state index in [1.807, 2.05) is 27.7 Å². The van der Waals surface area contributed by atoms with Gasteiger partial charge in [0, 0.05) is 46.7 Å². The minimum atomic E-state index is -2.56. The summed E-state index contributed by atoms with van der Waals surface area (Å²) in [5.74, 6) is 0.396. The maximum Gasteiger partial charge on any atom is 0.500 e. The van der Waals surface area contributed by atoms with Crippen molar-refractivity contribution in [1.82, 2.24) is 5.32 Å². The largest absolute Gasteiger partial charge is 0.500 e. The maximum absolute atomic E-state index is 5.86. The Balaban J connectivity index is 4.34. The first-order chi connectivity index (χ1) is 12.5. The van der Waals surface area contributed by atoms with Gasteiger partial charge in [0.2, 0.25) is 0 Å². The molecule has 0 aliphatic heterocycles. The van der Waals surface area contributed by atoms with Gasteiger partial charge in [-0.05, 0) is 53.1 Å². The molecule has 1 N–H and O–H groups in total. The van der Waals surface area contributed by atoms with Crippen LogP contribution in [-0.4, -0.2) is 77.6 Å². The monoisotopic (exact) mass is 411 g/mol. The topological polar surface area (TPSA) is 67.4 Å². The van der Waals surface area contributed by atoms with Crippen LogP contribution in [0.15, 0.2) is 0 Å². The summed E-state index contributed by atoms with van der Waals surface area (Å²) in [4.78, 5) is 0. The second kappa shape index (κ2) is 16.1. The lowest BCUT2D eigenvalue weighted by Crippen LogP contribution is -2.47. The second-order valence-corrected chi connectivity index (χ2v) is 11.0. The zero-order valence-corrected chi connectivity index (χ0v) is 20.0. The molecule has 158 valence electrons. The van der Waals surface area contributed by atoms with E-state index in [2.05, 4.69) is 12.2 Å². The molecule has 9 heteroatoms. The molecule has 0 saturated carbocycles. The molecule has 0 spiro atoms. The lowest BCUT2D eigenvalue weighted by atomic mass is 10.2. The van der Waals surface area contributed by atoms with Crippen molar-refractivity contribution in [3.8, 4) is 0 Å². The van der Waals surface area contributed by atoms with Gasteiger partial charge in [-0.2, -0.15) is 0 Å². The Morgan fingerprint density at radius 1 is 0.923 bits per heavy atom. The van der Waals surface area contributed by atoms with Crippen LogP contribution < -0.4 is 5.32 Å². The Morgan fingerprint density at radius 2 is 1.50 bits per heavy atom. The fourth-order valence-electron chi connectivity index (χ4n) is 2.85. The van der Waals surface area contributed by atoms with Crippen LogP contribution in [0.3, 0.4) is 0 Å². The van der Waals surface area contributed by atoms with Gasteiger partial charge < -0.3 is 32.2 Å². The predicted octanol–water partition coefficient (Wildman–Crippen LogP) is 2.11. The Hall–Kier alpha value is 0.154. The van der Waals surface area contributed by atoms with Crippen LogP contribution >= 0.6 is 0 Å². The SMILES string of the molecule is CCO[SiH](OCC)C(CCNCC(C)C[Si](OC)(OCC)OCC)OC. The Labute approximate surface area is 163 Å². The summed E-state index contributed by atoms with van der Waals surface area (Å²) in [5.41, 5.74) is 0.0528. The molecule has 2 unspecified atom stereocenters. The van der Waals surface area contributed by atoms with Gasteiger partial charge in [0.25, 0.3) is 0 Å². The standard InChI is InChI=1S/C17H41NO6Si2/c1-8-21-25(22-9-2)17(19-6)12-13-18-14-16(5)15-26(20-7,23-10-3)24-11-4/h16-18,25H,8-15H2,1-7H3. The molecule has 0 saturated heterocycles. The van der Waals surface area contributed by atoms with Crippen LogP contribution in [-0.2, 0) is 26.9 Å². The van der Waals surface area contributed by atoms with E-state index in [0.29, 0.717) is 32.3 Å². The molecule has 0 bridgehead atoms. The molecule has 0 fully saturated rings. The molecule has 0 aromatic carbocycles. The molecule has 0 rings (SSSR count). The number of hydrogen-bond donors (Lipinski definition) is 1. The fraction of sp³-hybridized carbons (Fsp3) is 1.00. The highest BCUT2D eigenvalue weighted by Crippen LogP contribution is 2.20. The molecule has 0 amide bonds. The molecule has 0 heterocycles. The summed E-state index contributed by atoms with van der Waals surface area (Å²) in [6.45, 7) is 14.4. The summed E-state index contributed by atoms with van der Waals surface area (Å²) < 4.78 is 34.5. The van der Waals surface area contributed by atoms with Crippen molar-refractivity contribution in [2.24, 2.45) is 5.92 Å². The van der Waals surface area contributed by atoms with Crippen molar-refractivity contribution in [1.29, 1.82) is 0 Å². The summed E-state index contributed by atoms with van der Waals surface area (Å²) in [6.07, 6.45) is 0.879. The summed E-state index contributed by atoms with van der Waals surface area (Å²) in [5, 5.41) is 3.51. The van der Waals surface area contributed by atoms with E-state index in [-0.39, 0.29) is 5.73 Å². The average molecular weight is 412 g/mol. The minimum absolute atomic E-state index is 0.0528. The van der Waals surface area contributed by atoms with Gasteiger partial charge in [-0.1, -0.05) is 6.92 Å². The number of rotatable bonds is 18. The van der Waals surface area contributed by atoms with Crippen LogP contribution in [0, 0.1) is 5.92 Å². The molecule has 7 nitrogen and oxygen atoms in total. The molecule has 2 atom stereocenters. The smallest absolute Gasteiger partial charge is 0.395 e. The summed E-state index contributed by atoms with van der Waals surface area (Å²) in [6, 6.07) is 0.807. The first kappa shape index (κ1) is 26.2. The number of hydrogen-bond acceptors (Lipinski definition) is 7. The van der Waals surface area contributed by atoms with Crippen LogP contribution in [0.4, 0.5) is 0 Å². The van der Waals surface area contributed by atoms with E-state index in [9.17, 15) is 0 Å². The van der Waals surface area contributed by atoms with Crippen molar-refractivity contribution in [2.75, 3.05) is 53.7 Å². The van der Waals surface area contributed by atoms with Crippen LogP contribution in [0.25, 0.3) is 0 Å². The lowest BCUT2D eigenvalue weighted by Gasteiger charge is -2.29. The first-order valence-electron chi connectivity index (χ1n) is 9.82. The van der Waals surface area contributed by atoms with E-state index in [0.717, 1.165) is 25.6 Å². The molecular weight excluding hydrogens is 370 g/mol. The molecule has 26 heavy (non-hydrogen) atoms. The lowest BCUT2D eigenvalue weighted by molar-refractivity contribution is 0.0823. The van der Waals surface area contributed by atoms with Crippen molar-refractivity contribution in [3.63, 3.8) is 0 Å². The highest BCUT2D eigenvalue weighted by atomic mass is 28.4. The average Bonchev–Trinajstić information content (AvgIpc) is 2.62. The molecule has 0 aromatic rings. The van der Waals surface area contributed by atoms with Gasteiger partial charge in [0.15, 0.2) is 0 Å². The van der Waals surface area contributed by atoms with E-state index in [1.54, 1.807) is 14.2 Å². The van der Waals surface area contributed by atoms with E-state index < -0.39 is 18.1 Å². The van der Waals surface area contributed by atoms with Gasteiger partial charge in [-0.15, -0.1) is 0 Å². The number of methoxy groups -OCH3 is 1. The third kappa shape index (κ3) is 10.5. The van der Waals surface area contributed by atoms with Crippen LogP contribution in [0.1, 0.15) is 41.0 Å². The van der Waals surface area contributed by atoms with Crippen molar-refractivity contribution in [3.05, 3.63) is 0 Å². The molecule has 0 aliphatic rings. The van der Waals surface area contributed by atoms with Crippen LogP contribution in [0.2, 0.25) is 6.04 Å². The third-order valence-corrected chi connectivity index (χ3v) is 9.82. The zero-order valence-electron chi connectivity index (χ0n) is 17.8. The summed E-state index contributed by atoms with van der Waals surface area (Å²) in [7, 11) is -0.931. The van der Waals surface area contributed by atoms with E-state index in [1.165, 1.54) is 0 Å². The van der Waals surface area contributed by atoms with E-state index >= 15 is 0 Å². The molecule has 0 aliphatic carbocycles. The molecule has 0 aromatic heterocycles.